The van der Waals surface area contributed by atoms with Crippen LogP contribution in [-0.4, -0.2) is 9.97 Å². The van der Waals surface area contributed by atoms with Gasteiger partial charge in [0.1, 0.15) is 0 Å². The maximum absolute atomic E-state index is 4.66. The molecule has 0 atom stereocenters. The zero-order valence-corrected chi connectivity index (χ0v) is 29.8. The summed E-state index contributed by atoms with van der Waals surface area (Å²) in [5.74, 6) is 1.48. The predicted octanol–water partition coefficient (Wildman–Crippen LogP) is 11.1. The summed E-state index contributed by atoms with van der Waals surface area (Å²) in [6, 6.07) is 33.6. The molecule has 3 heteroatoms. The molecule has 1 radical (unpaired) electrons. The number of aryl methyl sites for hydroxylation is 4. The molecule has 2 aromatic heterocycles. The third-order valence-corrected chi connectivity index (χ3v) is 11.0. The largest absolute Gasteiger partial charge is 0.305 e. The van der Waals surface area contributed by atoms with Crippen molar-refractivity contribution in [2.45, 2.75) is 102 Å². The van der Waals surface area contributed by atoms with Crippen LogP contribution in [0, 0.1) is 12.1 Å². The van der Waals surface area contributed by atoms with Crippen molar-refractivity contribution < 1.29 is 20.1 Å². The normalized spacial score (nSPS) is 17.1. The molecule has 0 N–H and O–H groups in total. The zero-order valence-electron chi connectivity index (χ0n) is 27.4. The third kappa shape index (κ3) is 6.94. The third-order valence-electron chi connectivity index (χ3n) is 11.0. The van der Waals surface area contributed by atoms with Crippen molar-refractivity contribution in [1.29, 1.82) is 0 Å². The standard InChI is InChI=1S/C23H28N.C21H16N.Ir/c1-3-8-18(9-4-1)20-12-7-13-22(16-20)23-17-21(14-15-24-23)19-10-5-2-6-11-19;1-2-11-22-19(6-1)18-12-16-9-7-14-4-3-5-15-8-10-17(13-18)21(16)20(14)15;/h7,12,14-19H,1-6,8-11H2;1-6,11-12H,7-10H2;/q2*-1;. The van der Waals surface area contributed by atoms with E-state index in [2.05, 4.69) is 88.8 Å². The fourth-order valence-electron chi connectivity index (χ4n) is 8.58. The molecule has 2 heterocycles. The fourth-order valence-corrected chi connectivity index (χ4v) is 8.58. The van der Waals surface area contributed by atoms with Gasteiger partial charge in [0.25, 0.3) is 0 Å². The van der Waals surface area contributed by atoms with Crippen molar-refractivity contribution >= 4 is 0 Å². The Morgan fingerprint density at radius 3 is 1.94 bits per heavy atom. The van der Waals surface area contributed by atoms with Gasteiger partial charge in [0.2, 0.25) is 0 Å². The van der Waals surface area contributed by atoms with Gasteiger partial charge in [0.15, 0.2) is 0 Å². The van der Waals surface area contributed by atoms with E-state index in [0.717, 1.165) is 54.5 Å². The number of rotatable bonds is 4. The van der Waals surface area contributed by atoms with E-state index >= 15 is 0 Å². The van der Waals surface area contributed by atoms with Gasteiger partial charge in [0, 0.05) is 32.5 Å². The van der Waals surface area contributed by atoms with Crippen LogP contribution in [0.25, 0.3) is 33.6 Å². The van der Waals surface area contributed by atoms with Crippen molar-refractivity contribution in [3.63, 3.8) is 0 Å². The van der Waals surface area contributed by atoms with E-state index < -0.39 is 0 Å². The number of nitrogens with zero attached hydrogens (tertiary/aromatic N) is 2. The summed E-state index contributed by atoms with van der Waals surface area (Å²) in [5.41, 5.74) is 16.3. The second-order valence-corrected chi connectivity index (χ2v) is 13.9. The molecule has 241 valence electrons. The van der Waals surface area contributed by atoms with Gasteiger partial charge in [-0.1, -0.05) is 91.6 Å². The Bertz CT molecular complexity index is 1710. The number of pyridine rings is 2. The first-order valence-corrected chi connectivity index (χ1v) is 17.9. The molecule has 2 fully saturated rings. The van der Waals surface area contributed by atoms with E-state index in [-0.39, 0.29) is 20.1 Å². The average molecular weight is 793 g/mol. The maximum atomic E-state index is 4.66. The van der Waals surface area contributed by atoms with Crippen LogP contribution in [0.1, 0.15) is 109 Å². The van der Waals surface area contributed by atoms with Crippen LogP contribution in [-0.2, 0) is 45.8 Å². The van der Waals surface area contributed by atoms with E-state index in [0.29, 0.717) is 0 Å². The van der Waals surface area contributed by atoms with Gasteiger partial charge >= 0.3 is 0 Å². The summed E-state index contributed by atoms with van der Waals surface area (Å²) in [7, 11) is 0. The van der Waals surface area contributed by atoms with Gasteiger partial charge in [-0.15, -0.1) is 64.2 Å². The average Bonchev–Trinajstić information content (AvgIpc) is 3.15. The van der Waals surface area contributed by atoms with Crippen molar-refractivity contribution in [3.8, 4) is 33.6 Å². The summed E-state index contributed by atoms with van der Waals surface area (Å²) < 4.78 is 0. The summed E-state index contributed by atoms with van der Waals surface area (Å²) in [6.07, 6.45) is 22.1. The first kappa shape index (κ1) is 32.2. The minimum absolute atomic E-state index is 0. The second kappa shape index (κ2) is 14.8. The molecule has 0 unspecified atom stereocenters. The van der Waals surface area contributed by atoms with Crippen LogP contribution < -0.4 is 0 Å². The molecule has 0 amide bonds. The molecule has 4 aliphatic rings. The van der Waals surface area contributed by atoms with Crippen LogP contribution in [0.3, 0.4) is 0 Å². The predicted molar refractivity (Wildman–Crippen MR) is 189 cm³/mol. The van der Waals surface area contributed by atoms with Gasteiger partial charge in [-0.3, -0.25) is 0 Å². The van der Waals surface area contributed by atoms with Crippen molar-refractivity contribution in [1.82, 2.24) is 9.97 Å². The molecule has 9 rings (SSSR count). The van der Waals surface area contributed by atoms with E-state index in [1.54, 1.807) is 0 Å². The first-order valence-electron chi connectivity index (χ1n) is 17.9. The SMILES string of the molecule is [Ir].[c-]1c(-c2ccccn2)cc2c3c1CCc1cccc(c1-3)CC2.[c-]1ccc(C2CCCCC2)cc1-c1cc(C2CCCCC2)ccn1. The molecule has 0 bridgehead atoms. The molecule has 3 aromatic carbocycles. The Hall–Kier alpha value is -3.39. The van der Waals surface area contributed by atoms with Gasteiger partial charge < -0.3 is 9.97 Å². The molecule has 4 aliphatic carbocycles. The van der Waals surface area contributed by atoms with Crippen molar-refractivity contribution in [2.24, 2.45) is 0 Å². The Labute approximate surface area is 294 Å². The molecule has 0 aliphatic heterocycles. The Morgan fingerprint density at radius 2 is 1.21 bits per heavy atom. The van der Waals surface area contributed by atoms with Gasteiger partial charge in [-0.2, -0.15) is 0 Å². The summed E-state index contributed by atoms with van der Waals surface area (Å²) in [4.78, 5) is 9.16. The van der Waals surface area contributed by atoms with Crippen molar-refractivity contribution in [3.05, 3.63) is 131 Å². The minimum Gasteiger partial charge on any atom is -0.305 e. The molecule has 0 saturated heterocycles. The maximum Gasteiger partial charge on any atom is 0.0163 e. The van der Waals surface area contributed by atoms with E-state index in [9.17, 15) is 0 Å². The van der Waals surface area contributed by atoms with E-state index in [4.69, 9.17) is 0 Å². The number of aromatic nitrogens is 2. The topological polar surface area (TPSA) is 25.8 Å². The molecule has 5 aromatic rings. The quantitative estimate of drug-likeness (QED) is 0.169. The Balaban J connectivity index is 0.000000147. The Kier molecular flexibility index (Phi) is 10.1. The second-order valence-electron chi connectivity index (χ2n) is 13.9. The number of hydrogen-bond donors (Lipinski definition) is 0. The molecule has 2 nitrogen and oxygen atoms in total. The summed E-state index contributed by atoms with van der Waals surface area (Å²) in [5, 5.41) is 0. The molecule has 47 heavy (non-hydrogen) atoms. The molecule has 0 spiro atoms. The van der Waals surface area contributed by atoms with Crippen LogP contribution in [0.5, 0.6) is 0 Å². The van der Waals surface area contributed by atoms with Crippen LogP contribution in [0.15, 0.2) is 85.2 Å². The van der Waals surface area contributed by atoms with E-state index in [1.165, 1.54) is 114 Å². The zero-order chi connectivity index (χ0) is 30.7. The molecular weight excluding hydrogens is 749 g/mol. The summed E-state index contributed by atoms with van der Waals surface area (Å²) in [6.45, 7) is 0. The van der Waals surface area contributed by atoms with Crippen molar-refractivity contribution in [2.75, 3.05) is 0 Å². The minimum atomic E-state index is 0. The van der Waals surface area contributed by atoms with Gasteiger partial charge in [-0.25, -0.2) is 0 Å². The van der Waals surface area contributed by atoms with E-state index in [1.807, 2.05) is 18.5 Å². The molecule has 2 saturated carbocycles. The van der Waals surface area contributed by atoms with Crippen LogP contribution in [0.2, 0.25) is 0 Å². The fraction of sp³-hybridized carbons (Fsp3) is 0.364. The molecular formula is C44H44IrN2-2. The smallest absolute Gasteiger partial charge is 0.0163 e. The van der Waals surface area contributed by atoms with Crippen LogP contribution in [0.4, 0.5) is 0 Å². The monoisotopic (exact) mass is 793 g/mol. The summed E-state index contributed by atoms with van der Waals surface area (Å²) >= 11 is 0. The first-order chi connectivity index (χ1) is 22.8. The Morgan fingerprint density at radius 1 is 0.532 bits per heavy atom. The number of hydrogen-bond acceptors (Lipinski definition) is 2. The van der Waals surface area contributed by atoms with Gasteiger partial charge in [0.05, 0.1) is 0 Å². The van der Waals surface area contributed by atoms with Gasteiger partial charge in [-0.05, 0) is 97.8 Å². The number of benzene rings is 3. The van der Waals surface area contributed by atoms with Crippen LogP contribution >= 0.6 is 0 Å².